The highest BCUT2D eigenvalue weighted by Gasteiger charge is 2.18. The number of rotatable bonds is 6. The standard InChI is InChI=1S/C22H25N3O/c26-21(14-13-17-8-4-5-9-17)24-22-19(16-18-10-2-1-3-11-18)23-20-12-6-7-15-25(20)22/h1-3,6-7,10-12,15,17H,4-5,8-9,13-14,16H2,(H,24,26). The summed E-state index contributed by atoms with van der Waals surface area (Å²) < 4.78 is 1.98. The maximum Gasteiger partial charge on any atom is 0.225 e. The summed E-state index contributed by atoms with van der Waals surface area (Å²) in [5, 5.41) is 3.14. The highest BCUT2D eigenvalue weighted by atomic mass is 16.1. The second kappa shape index (κ2) is 7.73. The number of aromatic nitrogens is 2. The van der Waals surface area contributed by atoms with Gasteiger partial charge in [0.2, 0.25) is 5.91 Å². The lowest BCUT2D eigenvalue weighted by Gasteiger charge is -2.10. The Bertz CT molecular complexity index is 879. The molecule has 0 atom stereocenters. The third-order valence-corrected chi connectivity index (χ3v) is 5.33. The van der Waals surface area contributed by atoms with Crippen molar-refractivity contribution in [3.63, 3.8) is 0 Å². The van der Waals surface area contributed by atoms with Gasteiger partial charge in [0.15, 0.2) is 0 Å². The van der Waals surface area contributed by atoms with Crippen LogP contribution in [-0.2, 0) is 11.2 Å². The van der Waals surface area contributed by atoms with Crippen LogP contribution < -0.4 is 5.32 Å². The van der Waals surface area contributed by atoms with E-state index in [4.69, 9.17) is 4.98 Å². The minimum Gasteiger partial charge on any atom is -0.310 e. The topological polar surface area (TPSA) is 46.4 Å². The monoisotopic (exact) mass is 347 g/mol. The SMILES string of the molecule is O=C(CCC1CCCC1)Nc1c(Cc2ccccc2)nc2ccccn12. The molecule has 4 nitrogen and oxygen atoms in total. The number of anilines is 1. The lowest BCUT2D eigenvalue weighted by atomic mass is 10.0. The van der Waals surface area contributed by atoms with Crippen LogP contribution in [0.4, 0.5) is 5.82 Å². The molecule has 4 rings (SSSR count). The first-order valence-electron chi connectivity index (χ1n) is 9.59. The van der Waals surface area contributed by atoms with Gasteiger partial charge in [-0.1, -0.05) is 62.1 Å². The Labute approximate surface area is 154 Å². The summed E-state index contributed by atoms with van der Waals surface area (Å²) in [5.41, 5.74) is 2.97. The molecule has 4 heteroatoms. The molecule has 1 amide bonds. The number of amides is 1. The number of fused-ring (bicyclic) bond motifs is 1. The highest BCUT2D eigenvalue weighted by molar-refractivity contribution is 5.91. The molecule has 0 bridgehead atoms. The molecule has 1 saturated carbocycles. The molecule has 26 heavy (non-hydrogen) atoms. The number of hydrogen-bond donors (Lipinski definition) is 1. The van der Waals surface area contributed by atoms with Crippen molar-refractivity contribution in [3.8, 4) is 0 Å². The number of nitrogens with one attached hydrogen (secondary N) is 1. The lowest BCUT2D eigenvalue weighted by molar-refractivity contribution is -0.116. The van der Waals surface area contributed by atoms with Crippen molar-refractivity contribution >= 4 is 17.4 Å². The minimum atomic E-state index is 0.0943. The Balaban J connectivity index is 1.54. The number of carbonyl (C=O) groups excluding carboxylic acids is 1. The fraction of sp³-hybridized carbons (Fsp3) is 0.364. The number of carbonyl (C=O) groups is 1. The van der Waals surface area contributed by atoms with Crippen molar-refractivity contribution in [2.75, 3.05) is 5.32 Å². The summed E-state index contributed by atoms with van der Waals surface area (Å²) in [6.07, 6.45) is 9.46. The molecule has 3 aromatic rings. The first-order valence-corrected chi connectivity index (χ1v) is 9.59. The average molecular weight is 347 g/mol. The highest BCUT2D eigenvalue weighted by Crippen LogP contribution is 2.29. The third kappa shape index (κ3) is 3.79. The quantitative estimate of drug-likeness (QED) is 0.694. The van der Waals surface area contributed by atoms with Crippen LogP contribution in [0.1, 0.15) is 49.8 Å². The molecule has 2 aromatic heterocycles. The molecular formula is C22H25N3O. The van der Waals surface area contributed by atoms with Gasteiger partial charge in [-0.2, -0.15) is 0 Å². The summed E-state index contributed by atoms with van der Waals surface area (Å²) in [7, 11) is 0. The van der Waals surface area contributed by atoms with Gasteiger partial charge in [0, 0.05) is 19.0 Å². The predicted molar refractivity (Wildman–Crippen MR) is 104 cm³/mol. The van der Waals surface area contributed by atoms with E-state index in [-0.39, 0.29) is 5.91 Å². The fourth-order valence-corrected chi connectivity index (χ4v) is 3.92. The maximum absolute atomic E-state index is 12.6. The second-order valence-electron chi connectivity index (χ2n) is 7.24. The van der Waals surface area contributed by atoms with E-state index < -0.39 is 0 Å². The number of pyridine rings is 1. The van der Waals surface area contributed by atoms with E-state index in [1.807, 2.05) is 47.0 Å². The maximum atomic E-state index is 12.6. The first kappa shape index (κ1) is 16.8. The molecule has 0 aliphatic heterocycles. The Kier molecular flexibility index (Phi) is 5.00. The Morgan fingerprint density at radius 3 is 2.65 bits per heavy atom. The van der Waals surface area contributed by atoms with E-state index in [0.29, 0.717) is 12.8 Å². The van der Waals surface area contributed by atoms with Crippen LogP contribution in [0.5, 0.6) is 0 Å². The third-order valence-electron chi connectivity index (χ3n) is 5.33. The molecular weight excluding hydrogens is 322 g/mol. The van der Waals surface area contributed by atoms with E-state index in [2.05, 4.69) is 17.4 Å². The van der Waals surface area contributed by atoms with Crippen molar-refractivity contribution in [1.29, 1.82) is 0 Å². The molecule has 0 radical (unpaired) electrons. The molecule has 1 aromatic carbocycles. The number of imidazole rings is 1. The van der Waals surface area contributed by atoms with E-state index >= 15 is 0 Å². The van der Waals surface area contributed by atoms with Crippen LogP contribution in [0.2, 0.25) is 0 Å². The summed E-state index contributed by atoms with van der Waals surface area (Å²) in [4.78, 5) is 17.3. The molecule has 0 spiro atoms. The van der Waals surface area contributed by atoms with Crippen LogP contribution in [0.15, 0.2) is 54.7 Å². The van der Waals surface area contributed by atoms with Gasteiger partial charge in [0.05, 0.1) is 5.69 Å². The zero-order valence-corrected chi connectivity index (χ0v) is 15.0. The molecule has 134 valence electrons. The Morgan fingerprint density at radius 1 is 1.08 bits per heavy atom. The minimum absolute atomic E-state index is 0.0943. The zero-order valence-electron chi connectivity index (χ0n) is 15.0. The van der Waals surface area contributed by atoms with Crippen LogP contribution in [0, 0.1) is 5.92 Å². The molecule has 0 unspecified atom stereocenters. The molecule has 1 N–H and O–H groups in total. The van der Waals surface area contributed by atoms with Crippen molar-refractivity contribution < 1.29 is 4.79 Å². The van der Waals surface area contributed by atoms with Crippen molar-refractivity contribution in [3.05, 3.63) is 66.0 Å². The second-order valence-corrected chi connectivity index (χ2v) is 7.24. The van der Waals surface area contributed by atoms with E-state index in [0.717, 1.165) is 29.5 Å². The number of hydrogen-bond acceptors (Lipinski definition) is 2. The normalized spacial score (nSPS) is 14.8. The van der Waals surface area contributed by atoms with Crippen LogP contribution in [-0.4, -0.2) is 15.3 Å². The predicted octanol–water partition coefficient (Wildman–Crippen LogP) is 4.83. The van der Waals surface area contributed by atoms with Crippen molar-refractivity contribution in [2.45, 2.75) is 44.9 Å². The van der Waals surface area contributed by atoms with Crippen LogP contribution in [0.3, 0.4) is 0 Å². The Hall–Kier alpha value is -2.62. The summed E-state index contributed by atoms with van der Waals surface area (Å²) in [5.74, 6) is 1.63. The van der Waals surface area contributed by atoms with Crippen LogP contribution in [0.25, 0.3) is 5.65 Å². The first-order chi connectivity index (χ1) is 12.8. The van der Waals surface area contributed by atoms with Gasteiger partial charge < -0.3 is 5.32 Å². The molecule has 0 saturated heterocycles. The van der Waals surface area contributed by atoms with Gasteiger partial charge in [0.1, 0.15) is 11.5 Å². The van der Waals surface area contributed by atoms with Crippen molar-refractivity contribution in [1.82, 2.24) is 9.38 Å². The molecule has 2 heterocycles. The van der Waals surface area contributed by atoms with Gasteiger partial charge in [-0.3, -0.25) is 9.20 Å². The summed E-state index contributed by atoms with van der Waals surface area (Å²) >= 11 is 0. The van der Waals surface area contributed by atoms with E-state index in [1.165, 1.54) is 31.2 Å². The van der Waals surface area contributed by atoms with Gasteiger partial charge >= 0.3 is 0 Å². The summed E-state index contributed by atoms with van der Waals surface area (Å²) in [6.45, 7) is 0. The molecule has 1 aliphatic carbocycles. The molecule has 1 fully saturated rings. The van der Waals surface area contributed by atoms with Crippen molar-refractivity contribution in [2.24, 2.45) is 5.92 Å². The Morgan fingerprint density at radius 2 is 1.85 bits per heavy atom. The number of benzene rings is 1. The smallest absolute Gasteiger partial charge is 0.225 e. The van der Waals surface area contributed by atoms with Gasteiger partial charge in [-0.25, -0.2) is 4.98 Å². The lowest BCUT2D eigenvalue weighted by Crippen LogP contribution is -2.15. The summed E-state index contributed by atoms with van der Waals surface area (Å²) in [6, 6.07) is 16.2. The van der Waals surface area contributed by atoms with Crippen LogP contribution >= 0.6 is 0 Å². The van der Waals surface area contributed by atoms with E-state index in [9.17, 15) is 4.79 Å². The fourth-order valence-electron chi connectivity index (χ4n) is 3.92. The average Bonchev–Trinajstić information content (AvgIpc) is 3.30. The van der Waals surface area contributed by atoms with E-state index in [1.54, 1.807) is 0 Å². The van der Waals surface area contributed by atoms with Gasteiger partial charge in [0.25, 0.3) is 0 Å². The molecule has 1 aliphatic rings. The zero-order chi connectivity index (χ0) is 17.8. The largest absolute Gasteiger partial charge is 0.310 e. The van der Waals surface area contributed by atoms with Gasteiger partial charge in [-0.15, -0.1) is 0 Å². The van der Waals surface area contributed by atoms with Gasteiger partial charge in [-0.05, 0) is 30.0 Å². The number of nitrogens with zero attached hydrogens (tertiary/aromatic N) is 2.